The average Bonchev–Trinajstić information content (AvgIpc) is 2.69. The number of amides is 1. The second-order valence-electron chi connectivity index (χ2n) is 4.23. The molecule has 1 amide bonds. The molecule has 0 atom stereocenters. The van der Waals surface area contributed by atoms with Crippen molar-refractivity contribution in [3.8, 4) is 0 Å². The lowest BCUT2D eigenvalue weighted by Gasteiger charge is -2.13. The van der Waals surface area contributed by atoms with E-state index in [2.05, 4.69) is 0 Å². The van der Waals surface area contributed by atoms with Gasteiger partial charge in [-0.05, 0) is 30.2 Å². The van der Waals surface area contributed by atoms with Crippen molar-refractivity contribution in [1.29, 1.82) is 0 Å². The van der Waals surface area contributed by atoms with Crippen LogP contribution in [-0.4, -0.2) is 35.4 Å². The van der Waals surface area contributed by atoms with Gasteiger partial charge in [0.05, 0.1) is 4.91 Å². The molecule has 6 heteroatoms. The highest BCUT2D eigenvalue weighted by Crippen LogP contribution is 2.32. The summed E-state index contributed by atoms with van der Waals surface area (Å²) in [4.78, 5) is 14.4. The van der Waals surface area contributed by atoms with Crippen LogP contribution in [0.1, 0.15) is 12.0 Å². The first-order valence-corrected chi connectivity index (χ1v) is 7.34. The van der Waals surface area contributed by atoms with Crippen molar-refractivity contribution in [3.63, 3.8) is 0 Å². The number of halogens is 1. The molecule has 0 N–H and O–H groups in total. The van der Waals surface area contributed by atoms with E-state index in [-0.39, 0.29) is 11.7 Å². The molecule has 1 aliphatic heterocycles. The summed E-state index contributed by atoms with van der Waals surface area (Å²) in [5, 5.41) is 0. The Morgan fingerprint density at radius 3 is 2.75 bits per heavy atom. The van der Waals surface area contributed by atoms with Gasteiger partial charge in [0, 0.05) is 20.3 Å². The number of carbonyl (C=O) groups is 1. The number of benzene rings is 1. The average molecular weight is 311 g/mol. The number of nitrogens with zero attached hydrogens (tertiary/aromatic N) is 1. The predicted octanol–water partition coefficient (Wildman–Crippen LogP) is 3.06. The van der Waals surface area contributed by atoms with Crippen LogP contribution in [0.3, 0.4) is 0 Å². The fraction of sp³-hybridized carbons (Fsp3) is 0.286. The molecule has 1 heterocycles. The zero-order valence-corrected chi connectivity index (χ0v) is 12.6. The molecule has 1 fully saturated rings. The highest BCUT2D eigenvalue weighted by atomic mass is 32.2. The van der Waals surface area contributed by atoms with Crippen LogP contribution in [0.5, 0.6) is 0 Å². The molecule has 0 unspecified atom stereocenters. The third-order valence-corrected chi connectivity index (χ3v) is 4.15. The third kappa shape index (κ3) is 3.65. The monoisotopic (exact) mass is 311 g/mol. The predicted molar refractivity (Wildman–Crippen MR) is 82.8 cm³/mol. The van der Waals surface area contributed by atoms with Gasteiger partial charge in [-0.2, -0.15) is 0 Å². The van der Waals surface area contributed by atoms with Gasteiger partial charge in [-0.25, -0.2) is 4.39 Å². The minimum Gasteiger partial charge on any atom is -0.385 e. The molecule has 106 valence electrons. The number of hydrogen-bond acceptors (Lipinski definition) is 4. The Hall–Kier alpha value is -1.24. The number of rotatable bonds is 5. The fourth-order valence-electron chi connectivity index (χ4n) is 1.77. The van der Waals surface area contributed by atoms with E-state index in [0.29, 0.717) is 22.4 Å². The summed E-state index contributed by atoms with van der Waals surface area (Å²) in [6, 6.07) is 6.00. The normalized spacial score (nSPS) is 17.3. The smallest absolute Gasteiger partial charge is 0.266 e. The first-order chi connectivity index (χ1) is 9.61. The number of carbonyl (C=O) groups excluding carboxylic acids is 1. The van der Waals surface area contributed by atoms with Gasteiger partial charge in [0.1, 0.15) is 10.1 Å². The summed E-state index contributed by atoms with van der Waals surface area (Å²) in [7, 11) is 1.62. The van der Waals surface area contributed by atoms with Crippen molar-refractivity contribution in [2.45, 2.75) is 6.42 Å². The van der Waals surface area contributed by atoms with Gasteiger partial charge in [0.15, 0.2) is 0 Å². The molecule has 1 aromatic rings. The van der Waals surface area contributed by atoms with Crippen molar-refractivity contribution in [2.75, 3.05) is 20.3 Å². The van der Waals surface area contributed by atoms with Crippen molar-refractivity contribution in [3.05, 3.63) is 40.6 Å². The van der Waals surface area contributed by atoms with E-state index in [9.17, 15) is 9.18 Å². The van der Waals surface area contributed by atoms with E-state index in [1.807, 2.05) is 0 Å². The topological polar surface area (TPSA) is 29.5 Å². The van der Waals surface area contributed by atoms with Crippen LogP contribution in [0.2, 0.25) is 0 Å². The number of thioether (sulfide) groups is 1. The first-order valence-electron chi connectivity index (χ1n) is 6.11. The zero-order valence-electron chi connectivity index (χ0n) is 11.0. The number of ether oxygens (including phenoxy) is 1. The van der Waals surface area contributed by atoms with Gasteiger partial charge in [-0.15, -0.1) is 0 Å². The van der Waals surface area contributed by atoms with Crippen molar-refractivity contribution in [1.82, 2.24) is 4.90 Å². The third-order valence-electron chi connectivity index (χ3n) is 2.77. The van der Waals surface area contributed by atoms with Gasteiger partial charge < -0.3 is 4.74 Å². The second-order valence-corrected chi connectivity index (χ2v) is 5.91. The Bertz CT molecular complexity index is 543. The van der Waals surface area contributed by atoms with Gasteiger partial charge in [-0.1, -0.05) is 36.1 Å². The molecule has 0 aliphatic carbocycles. The molecule has 0 bridgehead atoms. The van der Waals surface area contributed by atoms with Crippen LogP contribution in [-0.2, 0) is 9.53 Å². The highest BCUT2D eigenvalue weighted by molar-refractivity contribution is 8.26. The van der Waals surface area contributed by atoms with Crippen LogP contribution in [0.15, 0.2) is 29.2 Å². The molecule has 20 heavy (non-hydrogen) atoms. The molecule has 3 nitrogen and oxygen atoms in total. The maximum Gasteiger partial charge on any atom is 0.266 e. The molecule has 0 spiro atoms. The minimum atomic E-state index is -0.297. The number of methoxy groups -OCH3 is 1. The Balaban J connectivity index is 2.09. The van der Waals surface area contributed by atoms with Crippen LogP contribution in [0.25, 0.3) is 6.08 Å². The molecule has 0 radical (unpaired) electrons. The van der Waals surface area contributed by atoms with Crippen molar-refractivity contribution < 1.29 is 13.9 Å². The summed E-state index contributed by atoms with van der Waals surface area (Å²) >= 11 is 6.48. The Kier molecular flexibility index (Phi) is 5.28. The maximum absolute atomic E-state index is 12.8. The molecule has 0 saturated carbocycles. The van der Waals surface area contributed by atoms with E-state index in [1.54, 1.807) is 30.2 Å². The van der Waals surface area contributed by atoms with Gasteiger partial charge in [-0.3, -0.25) is 9.69 Å². The van der Waals surface area contributed by atoms with Crippen LogP contribution in [0.4, 0.5) is 4.39 Å². The highest BCUT2D eigenvalue weighted by Gasteiger charge is 2.31. The van der Waals surface area contributed by atoms with Crippen molar-refractivity contribution >= 4 is 40.3 Å². The van der Waals surface area contributed by atoms with Crippen LogP contribution >= 0.6 is 24.0 Å². The van der Waals surface area contributed by atoms with E-state index < -0.39 is 0 Å². The standard InChI is InChI=1S/C14H14FNO2S2/c1-18-8-2-7-16-13(17)12(20-14(16)19)9-10-3-5-11(15)6-4-10/h3-6,9H,2,7-8H2,1H3/b12-9-. The molecular weight excluding hydrogens is 297 g/mol. The second kappa shape index (κ2) is 6.97. The molecule has 2 rings (SSSR count). The van der Waals surface area contributed by atoms with Gasteiger partial charge in [0.25, 0.3) is 5.91 Å². The van der Waals surface area contributed by atoms with Crippen molar-refractivity contribution in [2.24, 2.45) is 0 Å². The summed E-state index contributed by atoms with van der Waals surface area (Å²) in [5.74, 6) is -0.394. The van der Waals surface area contributed by atoms with Gasteiger partial charge >= 0.3 is 0 Å². The minimum absolute atomic E-state index is 0.0968. The number of hydrogen-bond donors (Lipinski definition) is 0. The molecule has 1 saturated heterocycles. The van der Waals surface area contributed by atoms with Crippen LogP contribution in [0, 0.1) is 5.82 Å². The summed E-state index contributed by atoms with van der Waals surface area (Å²) < 4.78 is 18.4. The largest absolute Gasteiger partial charge is 0.385 e. The Morgan fingerprint density at radius 1 is 1.40 bits per heavy atom. The van der Waals surface area contributed by atoms with E-state index in [4.69, 9.17) is 17.0 Å². The maximum atomic E-state index is 12.8. The molecule has 1 aliphatic rings. The first kappa shape index (κ1) is 15.2. The summed E-state index contributed by atoms with van der Waals surface area (Å²) in [6.45, 7) is 1.15. The zero-order chi connectivity index (χ0) is 14.5. The summed E-state index contributed by atoms with van der Waals surface area (Å²) in [6.07, 6.45) is 2.47. The quantitative estimate of drug-likeness (QED) is 0.475. The SMILES string of the molecule is COCCCN1C(=O)/C(=C/c2ccc(F)cc2)SC1=S. The molecular formula is C14H14FNO2S2. The number of thiocarbonyl (C=S) groups is 1. The van der Waals surface area contributed by atoms with Gasteiger partial charge in [0.2, 0.25) is 0 Å². The Morgan fingerprint density at radius 2 is 2.10 bits per heavy atom. The van der Waals surface area contributed by atoms with Crippen LogP contribution < -0.4 is 0 Å². The fourth-order valence-corrected chi connectivity index (χ4v) is 3.08. The lowest BCUT2D eigenvalue weighted by molar-refractivity contribution is -0.122. The molecule has 1 aromatic carbocycles. The Labute approximate surface area is 126 Å². The summed E-state index contributed by atoms with van der Waals surface area (Å²) in [5.41, 5.74) is 0.781. The van der Waals surface area contributed by atoms with E-state index in [0.717, 1.165) is 12.0 Å². The van der Waals surface area contributed by atoms with E-state index >= 15 is 0 Å². The lowest BCUT2D eigenvalue weighted by Crippen LogP contribution is -2.29. The lowest BCUT2D eigenvalue weighted by atomic mass is 10.2. The van der Waals surface area contributed by atoms with E-state index in [1.165, 1.54) is 23.9 Å². The molecule has 0 aromatic heterocycles.